The van der Waals surface area contributed by atoms with Gasteiger partial charge in [0.25, 0.3) is 0 Å². The smallest absolute Gasteiger partial charge is 0.130 e. The van der Waals surface area contributed by atoms with Crippen molar-refractivity contribution in [2.45, 2.75) is 25.7 Å². The van der Waals surface area contributed by atoms with Crippen molar-refractivity contribution in [3.63, 3.8) is 0 Å². The Morgan fingerprint density at radius 1 is 0.551 bits per heavy atom. The second-order valence-corrected chi connectivity index (χ2v) is 13.4. The van der Waals surface area contributed by atoms with E-state index in [9.17, 15) is 0 Å². The number of hydrogen-bond acceptors (Lipinski definition) is 3. The van der Waals surface area contributed by atoms with E-state index in [1.165, 1.54) is 33.4 Å². The Kier molecular flexibility index (Phi) is 6.94. The van der Waals surface area contributed by atoms with Crippen LogP contribution < -0.4 is 9.64 Å². The molecule has 1 aliphatic carbocycles. The molecule has 0 radical (unpaired) electrons. The third kappa shape index (κ3) is 4.85. The highest BCUT2D eigenvalue weighted by Crippen LogP contribution is 2.57. The fourth-order valence-electron chi connectivity index (χ4n) is 7.82. The second-order valence-electron chi connectivity index (χ2n) is 13.4. The first-order chi connectivity index (χ1) is 24.1. The highest BCUT2D eigenvalue weighted by atomic mass is 16.5. The third-order valence-corrected chi connectivity index (χ3v) is 10.2. The van der Waals surface area contributed by atoms with E-state index < -0.39 is 0 Å². The summed E-state index contributed by atoms with van der Waals surface area (Å²) in [6.07, 6.45) is 0.920. The van der Waals surface area contributed by atoms with Crippen LogP contribution in [0.25, 0.3) is 44.8 Å². The molecule has 0 atom stereocenters. The first-order valence-corrected chi connectivity index (χ1v) is 17.1. The number of pyridine rings is 1. The Balaban J connectivity index is 1.39. The van der Waals surface area contributed by atoms with Gasteiger partial charge in [0.2, 0.25) is 0 Å². The van der Waals surface area contributed by atoms with Crippen LogP contribution in [0.3, 0.4) is 0 Å². The number of aromatic nitrogens is 1. The quantitative estimate of drug-likeness (QED) is 0.182. The number of benzene rings is 6. The molecule has 3 nitrogen and oxygen atoms in total. The zero-order valence-electron chi connectivity index (χ0n) is 27.7. The highest BCUT2D eigenvalue weighted by Gasteiger charge is 2.39. The molecular formula is C46H36N2O. The van der Waals surface area contributed by atoms with Crippen molar-refractivity contribution < 1.29 is 4.74 Å². The molecule has 0 unspecified atom stereocenters. The summed E-state index contributed by atoms with van der Waals surface area (Å²) in [5.74, 6) is 0.997. The molecule has 1 aromatic heterocycles. The average molecular weight is 633 g/mol. The van der Waals surface area contributed by atoms with Gasteiger partial charge in [-0.2, -0.15) is 0 Å². The number of fused-ring (bicyclic) bond motifs is 4. The lowest BCUT2D eigenvalue weighted by molar-refractivity contribution is 0.358. The minimum atomic E-state index is -0.146. The van der Waals surface area contributed by atoms with E-state index in [1.54, 1.807) is 0 Å². The van der Waals surface area contributed by atoms with Crippen LogP contribution in [0.5, 0.6) is 5.75 Å². The Labute approximate surface area is 288 Å². The average Bonchev–Trinajstić information content (AvgIpc) is 3.73. The summed E-state index contributed by atoms with van der Waals surface area (Å²) in [4.78, 5) is 7.65. The van der Waals surface area contributed by atoms with Gasteiger partial charge in [0.1, 0.15) is 5.75 Å². The molecule has 0 saturated carbocycles. The molecule has 7 aromatic rings. The van der Waals surface area contributed by atoms with Gasteiger partial charge in [0, 0.05) is 39.8 Å². The normalized spacial score (nSPS) is 13.7. The Hall–Kier alpha value is -5.93. The van der Waals surface area contributed by atoms with Crippen LogP contribution in [-0.4, -0.2) is 11.6 Å². The second kappa shape index (κ2) is 11.6. The maximum Gasteiger partial charge on any atom is 0.130 e. The summed E-state index contributed by atoms with van der Waals surface area (Å²) in [5.41, 5.74) is 15.9. The van der Waals surface area contributed by atoms with Crippen LogP contribution >= 0.6 is 0 Å². The maximum absolute atomic E-state index is 6.46. The van der Waals surface area contributed by atoms with E-state index in [1.807, 2.05) is 0 Å². The van der Waals surface area contributed by atoms with Crippen molar-refractivity contribution in [3.05, 3.63) is 174 Å². The molecule has 9 rings (SSSR count). The fourth-order valence-corrected chi connectivity index (χ4v) is 7.82. The SMILES string of the molecule is CC1(C)c2ccccc2-c2c1ccc(N(c1ccccc1)c1cc(-c3ccccc3)nc(-c3ccccc3)c1)c2-c1cccc2c1OCC2. The van der Waals surface area contributed by atoms with Gasteiger partial charge in [-0.3, -0.25) is 0 Å². The highest BCUT2D eigenvalue weighted by molar-refractivity contribution is 6.03. The van der Waals surface area contributed by atoms with E-state index >= 15 is 0 Å². The van der Waals surface area contributed by atoms with Crippen LogP contribution in [0.15, 0.2) is 158 Å². The largest absolute Gasteiger partial charge is 0.492 e. The molecule has 0 saturated heterocycles. The minimum absolute atomic E-state index is 0.146. The predicted molar refractivity (Wildman–Crippen MR) is 202 cm³/mol. The molecule has 3 heteroatoms. The van der Waals surface area contributed by atoms with Crippen LogP contribution in [0.2, 0.25) is 0 Å². The van der Waals surface area contributed by atoms with Gasteiger partial charge in [-0.1, -0.05) is 141 Å². The molecule has 6 aromatic carbocycles. The number of nitrogens with zero attached hydrogens (tertiary/aromatic N) is 2. The third-order valence-electron chi connectivity index (χ3n) is 10.2. The molecule has 0 bridgehead atoms. The maximum atomic E-state index is 6.46. The van der Waals surface area contributed by atoms with Gasteiger partial charge in [-0.05, 0) is 58.1 Å². The van der Waals surface area contributed by atoms with E-state index in [4.69, 9.17) is 9.72 Å². The van der Waals surface area contributed by atoms with E-state index in [0.29, 0.717) is 6.61 Å². The van der Waals surface area contributed by atoms with Crippen LogP contribution in [-0.2, 0) is 11.8 Å². The minimum Gasteiger partial charge on any atom is -0.492 e. The van der Waals surface area contributed by atoms with Gasteiger partial charge in [0.05, 0.1) is 29.4 Å². The lowest BCUT2D eigenvalue weighted by atomic mass is 9.81. The van der Waals surface area contributed by atoms with Gasteiger partial charge in [-0.25, -0.2) is 4.98 Å². The van der Waals surface area contributed by atoms with Gasteiger partial charge >= 0.3 is 0 Å². The number of hydrogen-bond donors (Lipinski definition) is 0. The van der Waals surface area contributed by atoms with Crippen LogP contribution in [0.4, 0.5) is 17.1 Å². The molecule has 0 amide bonds. The Morgan fingerprint density at radius 3 is 1.86 bits per heavy atom. The number of anilines is 3. The molecule has 0 spiro atoms. The summed E-state index contributed by atoms with van der Waals surface area (Å²) >= 11 is 0. The summed E-state index contributed by atoms with van der Waals surface area (Å²) in [6.45, 7) is 5.40. The van der Waals surface area contributed by atoms with Crippen molar-refractivity contribution in [1.82, 2.24) is 4.98 Å². The van der Waals surface area contributed by atoms with E-state index in [0.717, 1.165) is 57.3 Å². The predicted octanol–water partition coefficient (Wildman–Crippen LogP) is 11.8. The molecular weight excluding hydrogens is 597 g/mol. The summed E-state index contributed by atoms with van der Waals surface area (Å²) in [6, 6.07) is 56.4. The molecule has 49 heavy (non-hydrogen) atoms. The van der Waals surface area contributed by atoms with Crippen LogP contribution in [0.1, 0.15) is 30.5 Å². The van der Waals surface area contributed by atoms with Crippen molar-refractivity contribution in [3.8, 4) is 50.5 Å². The summed E-state index contributed by atoms with van der Waals surface area (Å²) in [7, 11) is 0. The fraction of sp³-hybridized carbons (Fsp3) is 0.109. The zero-order chi connectivity index (χ0) is 33.0. The molecule has 0 N–H and O–H groups in total. The molecule has 2 aliphatic rings. The Bertz CT molecular complexity index is 2270. The number of ether oxygens (including phenoxy) is 1. The monoisotopic (exact) mass is 632 g/mol. The van der Waals surface area contributed by atoms with Crippen molar-refractivity contribution in [2.24, 2.45) is 0 Å². The van der Waals surface area contributed by atoms with Gasteiger partial charge < -0.3 is 9.64 Å². The van der Waals surface area contributed by atoms with Crippen molar-refractivity contribution in [1.29, 1.82) is 0 Å². The van der Waals surface area contributed by atoms with E-state index in [2.05, 4.69) is 176 Å². The van der Waals surface area contributed by atoms with Crippen molar-refractivity contribution in [2.75, 3.05) is 11.5 Å². The van der Waals surface area contributed by atoms with Crippen LogP contribution in [0, 0.1) is 0 Å². The van der Waals surface area contributed by atoms with E-state index in [-0.39, 0.29) is 5.41 Å². The lowest BCUT2D eigenvalue weighted by Gasteiger charge is -2.31. The van der Waals surface area contributed by atoms with Gasteiger partial charge in [0.15, 0.2) is 0 Å². The topological polar surface area (TPSA) is 25.4 Å². The Morgan fingerprint density at radius 2 is 1.16 bits per heavy atom. The molecule has 236 valence electrons. The zero-order valence-corrected chi connectivity index (χ0v) is 27.7. The number of rotatable bonds is 6. The summed E-state index contributed by atoms with van der Waals surface area (Å²) < 4.78 is 6.46. The summed E-state index contributed by atoms with van der Waals surface area (Å²) in [5, 5.41) is 0. The first kappa shape index (κ1) is 29.2. The lowest BCUT2D eigenvalue weighted by Crippen LogP contribution is -2.16. The molecule has 2 heterocycles. The van der Waals surface area contributed by atoms with Crippen molar-refractivity contribution >= 4 is 17.1 Å². The molecule has 1 aliphatic heterocycles. The molecule has 0 fully saturated rings. The van der Waals surface area contributed by atoms with Gasteiger partial charge in [-0.15, -0.1) is 0 Å². The first-order valence-electron chi connectivity index (χ1n) is 17.1. The number of para-hydroxylation sites is 2. The standard InChI is InChI=1S/C46H36N2O/c1-46(2)38-24-13-12-22-36(38)43-39(46)25-26-42(44(43)37-23-14-19-33-27-28-49-45(33)37)48(34-20-10-5-11-21-34)35-29-40(31-15-6-3-7-16-31)47-41(30-35)32-17-8-4-9-18-32/h3-26,29-30H,27-28H2,1-2H3.